The van der Waals surface area contributed by atoms with Crippen LogP contribution in [0.25, 0.3) is 0 Å². The zero-order valence-corrected chi connectivity index (χ0v) is 17.9. The van der Waals surface area contributed by atoms with Crippen molar-refractivity contribution in [3.8, 4) is 17.2 Å². The molecular weight excluding hydrogens is 421 g/mol. The second kappa shape index (κ2) is 10.6. The molecule has 1 saturated heterocycles. The van der Waals surface area contributed by atoms with E-state index in [2.05, 4.69) is 10.6 Å². The molecule has 2 aromatic rings. The number of hydrogen-bond donors (Lipinski definition) is 3. The van der Waals surface area contributed by atoms with Gasteiger partial charge in [0.1, 0.15) is 6.10 Å². The van der Waals surface area contributed by atoms with Gasteiger partial charge in [0.25, 0.3) is 0 Å². The normalized spacial score (nSPS) is 15.3. The molecule has 0 unspecified atom stereocenters. The molecule has 0 radical (unpaired) electrons. The van der Waals surface area contributed by atoms with Gasteiger partial charge in [-0.2, -0.15) is 0 Å². The Hall–Kier alpha value is -3.69. The fourth-order valence-corrected chi connectivity index (χ4v) is 3.18. The van der Waals surface area contributed by atoms with E-state index in [1.807, 2.05) is 0 Å². The summed E-state index contributed by atoms with van der Waals surface area (Å²) in [5.74, 6) is -0.351. The van der Waals surface area contributed by atoms with E-state index in [0.717, 1.165) is 0 Å². The number of methoxy groups -OCH3 is 1. The molecule has 2 aromatic carbocycles. The van der Waals surface area contributed by atoms with Crippen LogP contribution in [0.15, 0.2) is 36.4 Å². The van der Waals surface area contributed by atoms with Crippen LogP contribution in [0.1, 0.15) is 13.3 Å². The van der Waals surface area contributed by atoms with Crippen LogP contribution in [0.4, 0.5) is 20.6 Å². The number of carbonyl (C=O) groups excluding carboxylic acids is 2. The standard InChI is InChI=1S/C22H26FN3O6/c1-14(27)25-12-16-13-26(22(29)32-16)15-7-8-19(17(23)11-15)31-10-4-9-24-18-5-3-6-20(30-2)21(18)28/h3,5-8,11,16,24,28H,4,9-10,12-13H2,1-2H3,(H,25,27)/t16-/m0/s1. The van der Waals surface area contributed by atoms with E-state index in [4.69, 9.17) is 14.2 Å². The maximum atomic E-state index is 14.5. The number of phenols is 1. The Balaban J connectivity index is 1.47. The topological polar surface area (TPSA) is 109 Å². The summed E-state index contributed by atoms with van der Waals surface area (Å²) in [5.41, 5.74) is 0.884. The lowest BCUT2D eigenvalue weighted by atomic mass is 10.2. The van der Waals surface area contributed by atoms with Crippen molar-refractivity contribution in [1.82, 2.24) is 5.32 Å². The van der Waals surface area contributed by atoms with Crippen LogP contribution in [0.5, 0.6) is 17.2 Å². The first-order valence-electron chi connectivity index (χ1n) is 10.1. The van der Waals surface area contributed by atoms with Crippen molar-refractivity contribution >= 4 is 23.4 Å². The maximum Gasteiger partial charge on any atom is 0.414 e. The first-order valence-corrected chi connectivity index (χ1v) is 10.1. The first-order chi connectivity index (χ1) is 15.4. The molecular formula is C22H26FN3O6. The number of nitrogens with zero attached hydrogens (tertiary/aromatic N) is 1. The largest absolute Gasteiger partial charge is 0.503 e. The van der Waals surface area contributed by atoms with Crippen LogP contribution in [-0.4, -0.2) is 56.6 Å². The number of phenolic OH excluding ortho intramolecular Hbond substituents is 1. The molecule has 172 valence electrons. The molecule has 32 heavy (non-hydrogen) atoms. The minimum atomic E-state index is -0.598. The number of halogens is 1. The van der Waals surface area contributed by atoms with Gasteiger partial charge < -0.3 is 30.0 Å². The summed E-state index contributed by atoms with van der Waals surface area (Å²) < 4.78 is 30.2. The highest BCUT2D eigenvalue weighted by Gasteiger charge is 2.32. The molecule has 1 aliphatic heterocycles. The summed E-state index contributed by atoms with van der Waals surface area (Å²) in [4.78, 5) is 24.4. The Kier molecular flexibility index (Phi) is 7.58. The van der Waals surface area contributed by atoms with Gasteiger partial charge in [-0.05, 0) is 30.7 Å². The number of ether oxygens (including phenoxy) is 3. The molecule has 0 aliphatic carbocycles. The van der Waals surface area contributed by atoms with Gasteiger partial charge in [0, 0.05) is 19.5 Å². The molecule has 0 bridgehead atoms. The fourth-order valence-electron chi connectivity index (χ4n) is 3.18. The number of hydrogen-bond acceptors (Lipinski definition) is 7. The maximum absolute atomic E-state index is 14.5. The highest BCUT2D eigenvalue weighted by molar-refractivity contribution is 5.90. The zero-order valence-electron chi connectivity index (χ0n) is 17.9. The number of carbonyl (C=O) groups is 2. The van der Waals surface area contributed by atoms with Crippen LogP contribution in [-0.2, 0) is 9.53 Å². The summed E-state index contributed by atoms with van der Waals surface area (Å²) in [7, 11) is 1.48. The lowest BCUT2D eigenvalue weighted by molar-refractivity contribution is -0.119. The molecule has 0 aromatic heterocycles. The summed E-state index contributed by atoms with van der Waals surface area (Å²) >= 11 is 0. The number of para-hydroxylation sites is 1. The Morgan fingerprint density at radius 2 is 2.12 bits per heavy atom. The van der Waals surface area contributed by atoms with Crippen molar-refractivity contribution in [1.29, 1.82) is 0 Å². The monoisotopic (exact) mass is 447 g/mol. The van der Waals surface area contributed by atoms with Gasteiger partial charge in [-0.25, -0.2) is 9.18 Å². The van der Waals surface area contributed by atoms with Crippen molar-refractivity contribution in [3.63, 3.8) is 0 Å². The third-order valence-electron chi connectivity index (χ3n) is 4.79. The van der Waals surface area contributed by atoms with Crippen LogP contribution in [0.2, 0.25) is 0 Å². The minimum absolute atomic E-state index is 0.0253. The molecule has 3 N–H and O–H groups in total. The van der Waals surface area contributed by atoms with Crippen molar-refractivity contribution in [2.75, 3.05) is 43.6 Å². The third kappa shape index (κ3) is 5.71. The van der Waals surface area contributed by atoms with Crippen molar-refractivity contribution < 1.29 is 33.3 Å². The highest BCUT2D eigenvalue weighted by atomic mass is 19.1. The van der Waals surface area contributed by atoms with Gasteiger partial charge in [-0.1, -0.05) is 6.07 Å². The van der Waals surface area contributed by atoms with E-state index in [9.17, 15) is 19.1 Å². The number of rotatable bonds is 10. The molecule has 0 saturated carbocycles. The second-order valence-electron chi connectivity index (χ2n) is 7.15. The Labute approximate surface area is 185 Å². The van der Waals surface area contributed by atoms with Crippen LogP contribution < -0.4 is 25.0 Å². The summed E-state index contributed by atoms with van der Waals surface area (Å²) in [6, 6.07) is 9.38. The van der Waals surface area contributed by atoms with Gasteiger partial charge >= 0.3 is 6.09 Å². The Morgan fingerprint density at radius 1 is 1.31 bits per heavy atom. The zero-order chi connectivity index (χ0) is 23.1. The van der Waals surface area contributed by atoms with Gasteiger partial charge in [0.05, 0.1) is 38.2 Å². The van der Waals surface area contributed by atoms with E-state index in [0.29, 0.717) is 30.1 Å². The third-order valence-corrected chi connectivity index (χ3v) is 4.79. The summed E-state index contributed by atoms with van der Waals surface area (Å²) in [6.07, 6.45) is -0.539. The van der Waals surface area contributed by atoms with Crippen molar-refractivity contribution in [2.24, 2.45) is 0 Å². The Bertz CT molecular complexity index is 971. The average molecular weight is 447 g/mol. The van der Waals surface area contributed by atoms with Crippen LogP contribution >= 0.6 is 0 Å². The summed E-state index contributed by atoms with van der Waals surface area (Å²) in [5, 5.41) is 15.7. The minimum Gasteiger partial charge on any atom is -0.503 e. The predicted octanol–water partition coefficient (Wildman–Crippen LogP) is 2.88. The van der Waals surface area contributed by atoms with Crippen molar-refractivity contribution in [2.45, 2.75) is 19.4 Å². The van der Waals surface area contributed by atoms with E-state index >= 15 is 0 Å². The number of amides is 2. The predicted molar refractivity (Wildman–Crippen MR) is 116 cm³/mol. The SMILES string of the molecule is COc1cccc(NCCCOc2ccc(N3C[C@H](CNC(C)=O)OC3=O)cc2F)c1O. The van der Waals surface area contributed by atoms with Gasteiger partial charge in [0.2, 0.25) is 5.91 Å². The van der Waals surface area contributed by atoms with E-state index in [-0.39, 0.29) is 37.1 Å². The van der Waals surface area contributed by atoms with E-state index in [1.165, 1.54) is 31.1 Å². The molecule has 2 amide bonds. The molecule has 3 rings (SSSR count). The lowest BCUT2D eigenvalue weighted by Gasteiger charge is -2.15. The molecule has 1 aliphatic rings. The van der Waals surface area contributed by atoms with Gasteiger partial charge in [-0.15, -0.1) is 0 Å². The molecule has 0 spiro atoms. The van der Waals surface area contributed by atoms with E-state index in [1.54, 1.807) is 24.3 Å². The number of aromatic hydroxyl groups is 1. The number of anilines is 2. The van der Waals surface area contributed by atoms with Crippen LogP contribution in [0, 0.1) is 5.82 Å². The summed E-state index contributed by atoms with van der Waals surface area (Å²) in [6.45, 7) is 2.53. The fraction of sp³-hybridized carbons (Fsp3) is 0.364. The number of cyclic esters (lactones) is 1. The van der Waals surface area contributed by atoms with Gasteiger partial charge in [-0.3, -0.25) is 9.69 Å². The molecule has 9 nitrogen and oxygen atoms in total. The number of nitrogens with one attached hydrogen (secondary N) is 2. The molecule has 10 heteroatoms. The molecule has 1 atom stereocenters. The van der Waals surface area contributed by atoms with E-state index < -0.39 is 18.0 Å². The number of benzene rings is 2. The second-order valence-corrected chi connectivity index (χ2v) is 7.15. The van der Waals surface area contributed by atoms with Crippen LogP contribution in [0.3, 0.4) is 0 Å². The average Bonchev–Trinajstić information content (AvgIpc) is 3.14. The van der Waals surface area contributed by atoms with Gasteiger partial charge in [0.15, 0.2) is 23.1 Å². The molecule has 1 fully saturated rings. The highest BCUT2D eigenvalue weighted by Crippen LogP contribution is 2.33. The molecule has 1 heterocycles. The smallest absolute Gasteiger partial charge is 0.414 e. The van der Waals surface area contributed by atoms with Crippen molar-refractivity contribution in [3.05, 3.63) is 42.2 Å². The Morgan fingerprint density at radius 3 is 2.84 bits per heavy atom. The first kappa shape index (κ1) is 23.0. The quantitative estimate of drug-likeness (QED) is 0.380. The lowest BCUT2D eigenvalue weighted by Crippen LogP contribution is -2.33.